The largest absolute Gasteiger partial charge is 0.508 e. The van der Waals surface area contributed by atoms with E-state index in [-0.39, 0.29) is 0 Å². The molecular weight excluding hydrogens is 320 g/mol. The van der Waals surface area contributed by atoms with Crippen molar-refractivity contribution in [2.45, 2.75) is 40.0 Å². The van der Waals surface area contributed by atoms with E-state index in [1.54, 1.807) is 12.1 Å². The van der Waals surface area contributed by atoms with Crippen LogP contribution in [0.4, 0.5) is 0 Å². The number of aryl methyl sites for hydroxylation is 4. The van der Waals surface area contributed by atoms with Gasteiger partial charge in [0.15, 0.2) is 0 Å². The highest BCUT2D eigenvalue weighted by Gasteiger charge is 2.32. The summed E-state index contributed by atoms with van der Waals surface area (Å²) in [6.07, 6.45) is 0. The highest BCUT2D eigenvalue weighted by Crippen LogP contribution is 2.41. The van der Waals surface area contributed by atoms with E-state index in [0.717, 1.165) is 22.3 Å². The predicted molar refractivity (Wildman–Crippen MR) is 107 cm³/mol. The first-order chi connectivity index (χ1) is 12.2. The number of aromatic hydroxyl groups is 2. The fourth-order valence-electron chi connectivity index (χ4n) is 3.49. The van der Waals surface area contributed by atoms with Gasteiger partial charge >= 0.3 is 0 Å². The Hall–Kier alpha value is -2.74. The van der Waals surface area contributed by atoms with Crippen molar-refractivity contribution in [1.82, 2.24) is 0 Å². The Balaban J connectivity index is 2.31. The monoisotopic (exact) mass is 346 g/mol. The Morgan fingerprint density at radius 2 is 0.923 bits per heavy atom. The third-order valence-electron chi connectivity index (χ3n) is 5.63. The zero-order valence-electron chi connectivity index (χ0n) is 16.1. The molecule has 0 saturated heterocycles. The second-order valence-corrected chi connectivity index (χ2v) is 7.43. The van der Waals surface area contributed by atoms with Crippen LogP contribution in [-0.4, -0.2) is 10.2 Å². The van der Waals surface area contributed by atoms with Crippen LogP contribution in [0.5, 0.6) is 11.5 Å². The minimum atomic E-state index is -0.393. The summed E-state index contributed by atoms with van der Waals surface area (Å²) in [5.74, 6) is 0.608. The zero-order valence-corrected chi connectivity index (χ0v) is 16.1. The zero-order chi connectivity index (χ0) is 19.1. The lowest BCUT2D eigenvalue weighted by Crippen LogP contribution is -2.26. The summed E-state index contributed by atoms with van der Waals surface area (Å²) in [6, 6.07) is 18.2. The molecule has 0 aliphatic rings. The first kappa shape index (κ1) is 18.1. The molecule has 0 aliphatic heterocycles. The van der Waals surface area contributed by atoms with E-state index in [1.165, 1.54) is 16.7 Å². The summed E-state index contributed by atoms with van der Waals surface area (Å²) in [5, 5.41) is 20.0. The van der Waals surface area contributed by atoms with Gasteiger partial charge in [0.1, 0.15) is 11.5 Å². The van der Waals surface area contributed by atoms with Crippen LogP contribution < -0.4 is 0 Å². The second kappa shape index (κ2) is 6.53. The second-order valence-electron chi connectivity index (χ2n) is 7.43. The van der Waals surface area contributed by atoms with Gasteiger partial charge in [-0.2, -0.15) is 0 Å². The van der Waals surface area contributed by atoms with Crippen LogP contribution in [0.15, 0.2) is 54.6 Å². The maximum absolute atomic E-state index is 9.98. The molecule has 26 heavy (non-hydrogen) atoms. The van der Waals surface area contributed by atoms with Gasteiger partial charge in [-0.15, -0.1) is 0 Å². The molecule has 0 radical (unpaired) electrons. The smallest absolute Gasteiger partial charge is 0.118 e. The van der Waals surface area contributed by atoms with Gasteiger partial charge in [-0.1, -0.05) is 42.5 Å². The maximum Gasteiger partial charge on any atom is 0.118 e. The number of benzene rings is 3. The molecule has 0 unspecified atom stereocenters. The van der Waals surface area contributed by atoms with E-state index < -0.39 is 5.41 Å². The fraction of sp³-hybridized carbons (Fsp3) is 0.250. The highest BCUT2D eigenvalue weighted by atomic mass is 16.3. The predicted octanol–water partition coefficient (Wildman–Crippen LogP) is 5.69. The number of phenols is 2. The normalized spacial score (nSPS) is 11.6. The van der Waals surface area contributed by atoms with Gasteiger partial charge in [-0.05, 0) is 85.7 Å². The van der Waals surface area contributed by atoms with Crippen molar-refractivity contribution in [2.24, 2.45) is 0 Å². The molecule has 0 fully saturated rings. The van der Waals surface area contributed by atoms with E-state index in [0.29, 0.717) is 11.5 Å². The number of rotatable bonds is 3. The minimum absolute atomic E-state index is 0.304. The lowest BCUT2D eigenvalue weighted by molar-refractivity contribution is 0.470. The Morgan fingerprint density at radius 1 is 0.538 bits per heavy atom. The van der Waals surface area contributed by atoms with Crippen molar-refractivity contribution in [3.63, 3.8) is 0 Å². The standard InChI is InChI=1S/C24H26O2/c1-15-6-7-19(12-16(15)2)24(5,20-8-10-22(25)17(3)13-20)21-9-11-23(26)18(4)14-21/h6-14,25-26H,1-5H3. The third-order valence-corrected chi connectivity index (χ3v) is 5.63. The molecule has 2 nitrogen and oxygen atoms in total. The van der Waals surface area contributed by atoms with Crippen molar-refractivity contribution in [2.75, 3.05) is 0 Å². The molecule has 3 aromatic rings. The van der Waals surface area contributed by atoms with Crippen LogP contribution in [-0.2, 0) is 5.41 Å². The van der Waals surface area contributed by atoms with Crippen molar-refractivity contribution in [1.29, 1.82) is 0 Å². The molecule has 2 heteroatoms. The lowest BCUT2D eigenvalue weighted by Gasteiger charge is -2.33. The molecule has 0 saturated carbocycles. The minimum Gasteiger partial charge on any atom is -0.508 e. The average molecular weight is 346 g/mol. The van der Waals surface area contributed by atoms with Crippen molar-refractivity contribution < 1.29 is 10.2 Å². The van der Waals surface area contributed by atoms with Crippen LogP contribution >= 0.6 is 0 Å². The number of hydrogen-bond acceptors (Lipinski definition) is 2. The summed E-state index contributed by atoms with van der Waals surface area (Å²) in [7, 11) is 0. The Labute approximate surface area is 155 Å². The van der Waals surface area contributed by atoms with Gasteiger partial charge in [0.25, 0.3) is 0 Å². The molecule has 0 amide bonds. The SMILES string of the molecule is Cc1ccc(C(C)(c2ccc(O)c(C)c2)c2ccc(O)c(C)c2)cc1C. The van der Waals surface area contributed by atoms with Crippen LogP contribution in [0.25, 0.3) is 0 Å². The Bertz CT molecular complexity index is 845. The topological polar surface area (TPSA) is 40.5 Å². The summed E-state index contributed by atoms with van der Waals surface area (Å²) >= 11 is 0. The summed E-state index contributed by atoms with van der Waals surface area (Å²) in [6.45, 7) is 10.3. The quantitative estimate of drug-likeness (QED) is 0.598. The van der Waals surface area contributed by atoms with E-state index in [1.807, 2.05) is 38.1 Å². The average Bonchev–Trinajstić information content (AvgIpc) is 2.61. The van der Waals surface area contributed by atoms with Gasteiger partial charge in [-0.25, -0.2) is 0 Å². The van der Waals surface area contributed by atoms with Crippen LogP contribution in [0.1, 0.15) is 45.9 Å². The van der Waals surface area contributed by atoms with E-state index in [9.17, 15) is 10.2 Å². The van der Waals surface area contributed by atoms with Gasteiger partial charge in [0.05, 0.1) is 0 Å². The first-order valence-corrected chi connectivity index (χ1v) is 8.91. The number of phenolic OH excluding ortho intramolecular Hbond substituents is 2. The molecule has 0 bridgehead atoms. The van der Waals surface area contributed by atoms with Gasteiger partial charge in [-0.3, -0.25) is 0 Å². The Morgan fingerprint density at radius 3 is 1.31 bits per heavy atom. The van der Waals surface area contributed by atoms with Crippen molar-refractivity contribution in [3.8, 4) is 11.5 Å². The Kier molecular flexibility index (Phi) is 4.53. The molecule has 3 aromatic carbocycles. The van der Waals surface area contributed by atoms with Crippen LogP contribution in [0, 0.1) is 27.7 Å². The molecule has 0 spiro atoms. The van der Waals surface area contributed by atoms with Gasteiger partial charge in [0.2, 0.25) is 0 Å². The highest BCUT2D eigenvalue weighted by molar-refractivity contribution is 5.54. The molecule has 0 aromatic heterocycles. The molecule has 0 atom stereocenters. The fourth-order valence-corrected chi connectivity index (χ4v) is 3.49. The van der Waals surface area contributed by atoms with Crippen molar-refractivity contribution >= 4 is 0 Å². The molecule has 2 N–H and O–H groups in total. The van der Waals surface area contributed by atoms with Crippen molar-refractivity contribution in [3.05, 3.63) is 93.5 Å². The molecule has 134 valence electrons. The van der Waals surface area contributed by atoms with Gasteiger partial charge in [0, 0.05) is 5.41 Å². The van der Waals surface area contributed by atoms with Crippen LogP contribution in [0.2, 0.25) is 0 Å². The summed E-state index contributed by atoms with van der Waals surface area (Å²) < 4.78 is 0. The summed E-state index contributed by atoms with van der Waals surface area (Å²) in [4.78, 5) is 0. The van der Waals surface area contributed by atoms with E-state index in [2.05, 4.69) is 39.0 Å². The molecular formula is C24H26O2. The first-order valence-electron chi connectivity index (χ1n) is 8.91. The van der Waals surface area contributed by atoms with Crippen LogP contribution in [0.3, 0.4) is 0 Å². The molecule has 3 rings (SSSR count). The summed E-state index contributed by atoms with van der Waals surface area (Å²) in [5.41, 5.74) is 7.24. The molecule has 0 aliphatic carbocycles. The maximum atomic E-state index is 9.98. The number of hydrogen-bond donors (Lipinski definition) is 2. The van der Waals surface area contributed by atoms with Gasteiger partial charge < -0.3 is 10.2 Å². The van der Waals surface area contributed by atoms with E-state index >= 15 is 0 Å². The lowest BCUT2D eigenvalue weighted by atomic mass is 9.70. The van der Waals surface area contributed by atoms with E-state index in [4.69, 9.17) is 0 Å². The third kappa shape index (κ3) is 2.96. The molecule has 0 heterocycles.